The lowest BCUT2D eigenvalue weighted by Gasteiger charge is -2.31. The second-order valence-corrected chi connectivity index (χ2v) is 8.10. The maximum atomic E-state index is 6.09. The number of hydrogen-bond acceptors (Lipinski definition) is 3. The summed E-state index contributed by atoms with van der Waals surface area (Å²) in [4.78, 5) is 5.42. The first-order valence-electron chi connectivity index (χ1n) is 7.24. The van der Waals surface area contributed by atoms with Crippen LogP contribution in [0.25, 0.3) is 0 Å². The SMILES string of the molecule is Cc1sc(C(CN)N(CCC(C)C)C2CC2)cc1Br. The van der Waals surface area contributed by atoms with Crippen LogP contribution in [-0.4, -0.2) is 24.0 Å². The van der Waals surface area contributed by atoms with Gasteiger partial charge in [-0.25, -0.2) is 0 Å². The van der Waals surface area contributed by atoms with Gasteiger partial charge in [-0.1, -0.05) is 13.8 Å². The summed E-state index contributed by atoms with van der Waals surface area (Å²) in [7, 11) is 0. The van der Waals surface area contributed by atoms with Gasteiger partial charge in [-0.15, -0.1) is 11.3 Å². The lowest BCUT2D eigenvalue weighted by molar-refractivity contribution is 0.183. The zero-order chi connectivity index (χ0) is 14.0. The fraction of sp³-hybridized carbons (Fsp3) is 0.733. The summed E-state index contributed by atoms with van der Waals surface area (Å²) >= 11 is 5.51. The average molecular weight is 345 g/mol. The molecule has 0 bridgehead atoms. The molecule has 1 saturated carbocycles. The molecular formula is C15H25BrN2S. The highest BCUT2D eigenvalue weighted by Gasteiger charge is 2.34. The van der Waals surface area contributed by atoms with Gasteiger partial charge in [-0.3, -0.25) is 4.90 Å². The third-order valence-electron chi connectivity index (χ3n) is 3.81. The molecule has 0 amide bonds. The van der Waals surface area contributed by atoms with Gasteiger partial charge in [0.2, 0.25) is 0 Å². The van der Waals surface area contributed by atoms with Crippen molar-refractivity contribution >= 4 is 27.3 Å². The number of thiophene rings is 1. The van der Waals surface area contributed by atoms with Crippen molar-refractivity contribution in [3.63, 3.8) is 0 Å². The molecule has 1 atom stereocenters. The Morgan fingerprint density at radius 1 is 1.47 bits per heavy atom. The molecule has 1 aliphatic rings. The molecule has 1 aromatic heterocycles. The lowest BCUT2D eigenvalue weighted by atomic mass is 10.1. The first-order valence-corrected chi connectivity index (χ1v) is 8.85. The molecule has 0 spiro atoms. The Bertz CT molecular complexity index is 393. The topological polar surface area (TPSA) is 29.3 Å². The van der Waals surface area contributed by atoms with Crippen LogP contribution < -0.4 is 5.73 Å². The van der Waals surface area contributed by atoms with E-state index in [0.717, 1.165) is 18.5 Å². The zero-order valence-corrected chi connectivity index (χ0v) is 14.6. The molecule has 19 heavy (non-hydrogen) atoms. The minimum Gasteiger partial charge on any atom is -0.329 e. The van der Waals surface area contributed by atoms with Crippen molar-refractivity contribution in [3.8, 4) is 0 Å². The standard InChI is InChI=1S/C15H25BrN2S/c1-10(2)6-7-18(12-4-5-12)14(9-17)15-8-13(16)11(3)19-15/h8,10,12,14H,4-7,9,17H2,1-3H3. The van der Waals surface area contributed by atoms with Crippen LogP contribution in [0.15, 0.2) is 10.5 Å². The van der Waals surface area contributed by atoms with Crippen LogP contribution in [0, 0.1) is 12.8 Å². The van der Waals surface area contributed by atoms with Gasteiger partial charge < -0.3 is 5.73 Å². The van der Waals surface area contributed by atoms with Crippen LogP contribution in [-0.2, 0) is 0 Å². The Kier molecular flexibility index (Phi) is 5.46. The molecule has 4 heteroatoms. The number of nitrogens with two attached hydrogens (primary N) is 1. The first kappa shape index (κ1) is 15.5. The van der Waals surface area contributed by atoms with Crippen molar-refractivity contribution in [2.75, 3.05) is 13.1 Å². The van der Waals surface area contributed by atoms with E-state index >= 15 is 0 Å². The highest BCUT2D eigenvalue weighted by atomic mass is 79.9. The van der Waals surface area contributed by atoms with E-state index in [-0.39, 0.29) is 0 Å². The average Bonchev–Trinajstić information content (AvgIpc) is 3.12. The van der Waals surface area contributed by atoms with Crippen molar-refractivity contribution in [2.45, 2.75) is 52.1 Å². The van der Waals surface area contributed by atoms with Gasteiger partial charge in [-0.2, -0.15) is 0 Å². The molecule has 0 aliphatic heterocycles. The molecule has 1 heterocycles. The maximum absolute atomic E-state index is 6.09. The molecule has 1 unspecified atom stereocenters. The largest absolute Gasteiger partial charge is 0.329 e. The predicted molar refractivity (Wildman–Crippen MR) is 87.7 cm³/mol. The highest BCUT2D eigenvalue weighted by molar-refractivity contribution is 9.10. The number of rotatable bonds is 7. The quantitative estimate of drug-likeness (QED) is 0.797. The maximum Gasteiger partial charge on any atom is 0.0567 e. The summed E-state index contributed by atoms with van der Waals surface area (Å²) in [5, 5.41) is 0. The van der Waals surface area contributed by atoms with Crippen LogP contribution in [0.2, 0.25) is 0 Å². The summed E-state index contributed by atoms with van der Waals surface area (Å²) in [6.45, 7) is 8.67. The minimum absolute atomic E-state index is 0.404. The zero-order valence-electron chi connectivity index (χ0n) is 12.2. The number of nitrogens with zero attached hydrogens (tertiary/aromatic N) is 1. The number of halogens is 1. The molecule has 1 fully saturated rings. The molecule has 1 aromatic rings. The fourth-order valence-corrected chi connectivity index (χ4v) is 4.16. The van der Waals surface area contributed by atoms with E-state index in [1.165, 1.54) is 40.0 Å². The van der Waals surface area contributed by atoms with E-state index < -0.39 is 0 Å². The van der Waals surface area contributed by atoms with Crippen LogP contribution >= 0.6 is 27.3 Å². The Hall–Kier alpha value is 0.100. The number of hydrogen-bond donors (Lipinski definition) is 1. The Morgan fingerprint density at radius 3 is 2.58 bits per heavy atom. The molecule has 2 rings (SSSR count). The summed E-state index contributed by atoms with van der Waals surface area (Å²) in [5.41, 5.74) is 6.09. The molecule has 0 radical (unpaired) electrons. The van der Waals surface area contributed by atoms with Crippen LogP contribution in [0.5, 0.6) is 0 Å². The van der Waals surface area contributed by atoms with Gasteiger partial charge in [0.25, 0.3) is 0 Å². The van der Waals surface area contributed by atoms with Crippen molar-refractivity contribution in [1.82, 2.24) is 4.90 Å². The third-order valence-corrected chi connectivity index (χ3v) is 6.05. The first-order chi connectivity index (χ1) is 9.02. The summed E-state index contributed by atoms with van der Waals surface area (Å²) in [6, 6.07) is 3.44. The van der Waals surface area contributed by atoms with Gasteiger partial charge in [0.15, 0.2) is 0 Å². The van der Waals surface area contributed by atoms with Crippen LogP contribution in [0.3, 0.4) is 0 Å². The normalized spacial score (nSPS) is 17.4. The molecule has 0 saturated heterocycles. The van der Waals surface area contributed by atoms with Crippen molar-refractivity contribution in [3.05, 3.63) is 20.3 Å². The van der Waals surface area contributed by atoms with E-state index in [9.17, 15) is 0 Å². The molecule has 108 valence electrons. The number of aryl methyl sites for hydroxylation is 1. The van der Waals surface area contributed by atoms with Gasteiger partial charge in [0.05, 0.1) is 6.04 Å². The highest BCUT2D eigenvalue weighted by Crippen LogP contribution is 2.38. The van der Waals surface area contributed by atoms with Gasteiger partial charge in [0, 0.05) is 26.8 Å². The summed E-state index contributed by atoms with van der Waals surface area (Å²) < 4.78 is 1.23. The van der Waals surface area contributed by atoms with E-state index in [4.69, 9.17) is 5.73 Å². The molecule has 0 aromatic carbocycles. The van der Waals surface area contributed by atoms with Gasteiger partial charge in [0.1, 0.15) is 0 Å². The van der Waals surface area contributed by atoms with E-state index in [2.05, 4.69) is 47.7 Å². The lowest BCUT2D eigenvalue weighted by Crippen LogP contribution is -2.36. The van der Waals surface area contributed by atoms with Crippen molar-refractivity contribution < 1.29 is 0 Å². The van der Waals surface area contributed by atoms with E-state index in [1.54, 1.807) is 0 Å². The smallest absolute Gasteiger partial charge is 0.0567 e. The van der Waals surface area contributed by atoms with E-state index in [1.807, 2.05) is 11.3 Å². The second-order valence-electron chi connectivity index (χ2n) is 5.96. The van der Waals surface area contributed by atoms with E-state index in [0.29, 0.717) is 6.04 Å². The summed E-state index contributed by atoms with van der Waals surface area (Å²) in [6.07, 6.45) is 3.96. The monoisotopic (exact) mass is 344 g/mol. The van der Waals surface area contributed by atoms with Crippen molar-refractivity contribution in [2.24, 2.45) is 11.7 Å². The van der Waals surface area contributed by atoms with Crippen molar-refractivity contribution in [1.29, 1.82) is 0 Å². The molecule has 1 aliphatic carbocycles. The van der Waals surface area contributed by atoms with Crippen LogP contribution in [0.4, 0.5) is 0 Å². The van der Waals surface area contributed by atoms with Gasteiger partial charge >= 0.3 is 0 Å². The Labute approximate surface area is 129 Å². The van der Waals surface area contributed by atoms with Crippen LogP contribution in [0.1, 0.15) is 48.9 Å². The molecular weight excluding hydrogens is 320 g/mol. The fourth-order valence-electron chi connectivity index (χ4n) is 2.47. The molecule has 2 N–H and O–H groups in total. The predicted octanol–water partition coefficient (Wildman–Crippen LogP) is 4.33. The van der Waals surface area contributed by atoms with Gasteiger partial charge in [-0.05, 0) is 60.6 Å². The summed E-state index contributed by atoms with van der Waals surface area (Å²) in [5.74, 6) is 0.761. The Balaban J connectivity index is 2.12. The third kappa shape index (κ3) is 4.03. The Morgan fingerprint density at radius 2 is 2.16 bits per heavy atom. The second kappa shape index (κ2) is 6.70. The molecule has 2 nitrogen and oxygen atoms in total. The minimum atomic E-state index is 0.404.